The number of carbonyl (C=O) groups is 1. The number of rotatable bonds is 3. The summed E-state index contributed by atoms with van der Waals surface area (Å²) in [6.45, 7) is 5.96. The van der Waals surface area contributed by atoms with Crippen molar-refractivity contribution < 1.29 is 4.79 Å². The van der Waals surface area contributed by atoms with E-state index in [1.807, 2.05) is 39.9 Å². The molecule has 116 valence electrons. The molecule has 0 N–H and O–H groups in total. The molecule has 0 spiro atoms. The summed E-state index contributed by atoms with van der Waals surface area (Å²) in [5.74, 6) is 0.372. The van der Waals surface area contributed by atoms with E-state index < -0.39 is 0 Å². The minimum atomic E-state index is 0.130. The Morgan fingerprint density at radius 1 is 1.09 bits per heavy atom. The number of benzene rings is 1. The fourth-order valence-corrected chi connectivity index (χ4v) is 3.12. The first kappa shape index (κ1) is 14.8. The van der Waals surface area contributed by atoms with Crippen molar-refractivity contribution in [3.8, 4) is 5.69 Å². The molecular weight excluding hydrogens is 274 g/mol. The molecule has 1 amide bonds. The number of aromatic nitrogens is 2. The minimum absolute atomic E-state index is 0.130. The lowest BCUT2D eigenvalue weighted by molar-refractivity contribution is 0.0722. The van der Waals surface area contributed by atoms with Crippen molar-refractivity contribution in [1.82, 2.24) is 14.7 Å². The van der Waals surface area contributed by atoms with Crippen molar-refractivity contribution in [2.45, 2.75) is 39.0 Å². The number of nitrogens with zero attached hydrogens (tertiary/aromatic N) is 3. The standard InChI is InChI=1S/C18H23N3O/c1-14(2)17-16(18(22)20-11-7-4-8-12-20)13-19-21(17)15-9-5-3-6-10-15/h3,5-6,9-10,13-14H,4,7-8,11-12H2,1-2H3. The van der Waals surface area contributed by atoms with Crippen LogP contribution < -0.4 is 0 Å². The molecule has 4 heteroatoms. The van der Waals surface area contributed by atoms with Gasteiger partial charge in [0.1, 0.15) is 0 Å². The number of hydrogen-bond donors (Lipinski definition) is 0. The Kier molecular flexibility index (Phi) is 4.27. The molecule has 0 saturated carbocycles. The van der Waals surface area contributed by atoms with E-state index >= 15 is 0 Å². The van der Waals surface area contributed by atoms with Gasteiger partial charge in [-0.2, -0.15) is 5.10 Å². The van der Waals surface area contributed by atoms with Crippen molar-refractivity contribution in [3.63, 3.8) is 0 Å². The first-order valence-electron chi connectivity index (χ1n) is 8.11. The van der Waals surface area contributed by atoms with E-state index in [1.165, 1.54) is 6.42 Å². The summed E-state index contributed by atoms with van der Waals surface area (Å²) in [7, 11) is 0. The number of piperidine rings is 1. The highest BCUT2D eigenvalue weighted by atomic mass is 16.2. The Bertz CT molecular complexity index is 640. The maximum Gasteiger partial charge on any atom is 0.257 e. The fourth-order valence-electron chi connectivity index (χ4n) is 3.12. The van der Waals surface area contributed by atoms with Crippen LogP contribution in [0, 0.1) is 0 Å². The summed E-state index contributed by atoms with van der Waals surface area (Å²) >= 11 is 0. The zero-order valence-corrected chi connectivity index (χ0v) is 13.3. The maximum atomic E-state index is 12.8. The quantitative estimate of drug-likeness (QED) is 0.868. The van der Waals surface area contributed by atoms with Gasteiger partial charge in [-0.05, 0) is 37.3 Å². The van der Waals surface area contributed by atoms with Crippen LogP contribution in [0.5, 0.6) is 0 Å². The molecule has 0 atom stereocenters. The molecule has 2 heterocycles. The van der Waals surface area contributed by atoms with Crippen LogP contribution in [-0.4, -0.2) is 33.7 Å². The molecule has 1 aromatic heterocycles. The molecular formula is C18H23N3O. The van der Waals surface area contributed by atoms with Crippen molar-refractivity contribution >= 4 is 5.91 Å². The van der Waals surface area contributed by atoms with E-state index in [-0.39, 0.29) is 11.8 Å². The lowest BCUT2D eigenvalue weighted by Gasteiger charge is -2.27. The summed E-state index contributed by atoms with van der Waals surface area (Å²) in [5, 5.41) is 4.49. The zero-order chi connectivity index (χ0) is 15.5. The molecule has 2 aromatic rings. The number of amides is 1. The van der Waals surface area contributed by atoms with Crippen LogP contribution in [-0.2, 0) is 0 Å². The van der Waals surface area contributed by atoms with Gasteiger partial charge in [-0.15, -0.1) is 0 Å². The van der Waals surface area contributed by atoms with Gasteiger partial charge >= 0.3 is 0 Å². The molecule has 1 aromatic carbocycles. The van der Waals surface area contributed by atoms with E-state index in [0.717, 1.165) is 42.9 Å². The third-order valence-corrected chi connectivity index (χ3v) is 4.23. The van der Waals surface area contributed by atoms with Gasteiger partial charge in [0, 0.05) is 13.1 Å². The zero-order valence-electron chi connectivity index (χ0n) is 13.3. The third kappa shape index (κ3) is 2.78. The highest BCUT2D eigenvalue weighted by molar-refractivity contribution is 5.95. The molecule has 1 aliphatic rings. The summed E-state index contributed by atoms with van der Waals surface area (Å²) in [5.41, 5.74) is 2.76. The molecule has 0 aliphatic carbocycles. The second-order valence-electron chi connectivity index (χ2n) is 6.20. The topological polar surface area (TPSA) is 38.1 Å². The molecule has 1 saturated heterocycles. The molecule has 1 fully saturated rings. The highest BCUT2D eigenvalue weighted by Gasteiger charge is 2.25. The van der Waals surface area contributed by atoms with Gasteiger partial charge < -0.3 is 4.90 Å². The monoisotopic (exact) mass is 297 g/mol. The second kappa shape index (κ2) is 6.34. The van der Waals surface area contributed by atoms with Crippen LogP contribution in [0.2, 0.25) is 0 Å². The predicted molar refractivity (Wildman–Crippen MR) is 87.4 cm³/mol. The Labute approximate surface area is 131 Å². The summed E-state index contributed by atoms with van der Waals surface area (Å²) in [4.78, 5) is 14.8. The van der Waals surface area contributed by atoms with Gasteiger partial charge in [0.25, 0.3) is 5.91 Å². The van der Waals surface area contributed by atoms with Crippen LogP contribution in [0.25, 0.3) is 5.69 Å². The van der Waals surface area contributed by atoms with Crippen molar-refractivity contribution in [1.29, 1.82) is 0 Å². The van der Waals surface area contributed by atoms with Crippen molar-refractivity contribution in [2.75, 3.05) is 13.1 Å². The molecule has 3 rings (SSSR count). The lowest BCUT2D eigenvalue weighted by atomic mass is 10.0. The Balaban J connectivity index is 1.98. The van der Waals surface area contributed by atoms with Gasteiger partial charge in [0.05, 0.1) is 23.1 Å². The van der Waals surface area contributed by atoms with Crippen LogP contribution in [0.15, 0.2) is 36.5 Å². The first-order chi connectivity index (χ1) is 10.7. The molecule has 0 radical (unpaired) electrons. The molecule has 22 heavy (non-hydrogen) atoms. The van der Waals surface area contributed by atoms with E-state index in [1.54, 1.807) is 6.20 Å². The summed E-state index contributed by atoms with van der Waals surface area (Å²) in [6, 6.07) is 10.0. The summed E-state index contributed by atoms with van der Waals surface area (Å²) in [6.07, 6.45) is 5.18. The number of para-hydroxylation sites is 1. The Morgan fingerprint density at radius 2 is 1.77 bits per heavy atom. The normalized spacial score (nSPS) is 15.3. The van der Waals surface area contributed by atoms with Gasteiger partial charge in [-0.1, -0.05) is 32.0 Å². The van der Waals surface area contributed by atoms with E-state index in [0.29, 0.717) is 0 Å². The SMILES string of the molecule is CC(C)c1c(C(=O)N2CCCCC2)cnn1-c1ccccc1. The largest absolute Gasteiger partial charge is 0.339 e. The smallest absolute Gasteiger partial charge is 0.257 e. The van der Waals surface area contributed by atoms with E-state index in [9.17, 15) is 4.79 Å². The molecule has 0 bridgehead atoms. The predicted octanol–water partition coefficient (Wildman–Crippen LogP) is 3.62. The number of carbonyl (C=O) groups excluding carboxylic acids is 1. The third-order valence-electron chi connectivity index (χ3n) is 4.23. The number of likely N-dealkylation sites (tertiary alicyclic amines) is 1. The lowest BCUT2D eigenvalue weighted by Crippen LogP contribution is -2.36. The average molecular weight is 297 g/mol. The molecule has 0 unspecified atom stereocenters. The van der Waals surface area contributed by atoms with Crippen molar-refractivity contribution in [3.05, 3.63) is 47.8 Å². The Morgan fingerprint density at radius 3 is 2.41 bits per heavy atom. The van der Waals surface area contributed by atoms with Gasteiger partial charge in [0.2, 0.25) is 0 Å². The van der Waals surface area contributed by atoms with E-state index in [2.05, 4.69) is 18.9 Å². The van der Waals surface area contributed by atoms with Gasteiger partial charge in [-0.3, -0.25) is 4.79 Å². The minimum Gasteiger partial charge on any atom is -0.339 e. The Hall–Kier alpha value is -2.10. The van der Waals surface area contributed by atoms with Crippen LogP contribution >= 0.6 is 0 Å². The average Bonchev–Trinajstić information content (AvgIpc) is 3.01. The summed E-state index contributed by atoms with van der Waals surface area (Å²) < 4.78 is 1.90. The molecule has 4 nitrogen and oxygen atoms in total. The van der Waals surface area contributed by atoms with Gasteiger partial charge in [-0.25, -0.2) is 4.68 Å². The molecule has 1 aliphatic heterocycles. The van der Waals surface area contributed by atoms with Crippen LogP contribution in [0.3, 0.4) is 0 Å². The van der Waals surface area contributed by atoms with Crippen LogP contribution in [0.4, 0.5) is 0 Å². The fraction of sp³-hybridized carbons (Fsp3) is 0.444. The highest BCUT2D eigenvalue weighted by Crippen LogP contribution is 2.25. The van der Waals surface area contributed by atoms with Gasteiger partial charge in [0.15, 0.2) is 0 Å². The number of hydrogen-bond acceptors (Lipinski definition) is 2. The van der Waals surface area contributed by atoms with Crippen molar-refractivity contribution in [2.24, 2.45) is 0 Å². The second-order valence-corrected chi connectivity index (χ2v) is 6.20. The van der Waals surface area contributed by atoms with Crippen LogP contribution in [0.1, 0.15) is 55.1 Å². The van der Waals surface area contributed by atoms with E-state index in [4.69, 9.17) is 0 Å². The maximum absolute atomic E-state index is 12.8. The first-order valence-corrected chi connectivity index (χ1v) is 8.11.